The van der Waals surface area contributed by atoms with Crippen molar-refractivity contribution in [3.8, 4) is 5.75 Å². The summed E-state index contributed by atoms with van der Waals surface area (Å²) in [6, 6.07) is 18.2. The van der Waals surface area contributed by atoms with Crippen LogP contribution in [0.3, 0.4) is 0 Å². The van der Waals surface area contributed by atoms with Crippen LogP contribution in [0.2, 0.25) is 0 Å². The second kappa shape index (κ2) is 8.98. The molecular formula is C19H22O2. The molecule has 0 atom stereocenters. The molecule has 110 valence electrons. The van der Waals surface area contributed by atoms with Gasteiger partial charge in [-0.25, -0.2) is 0 Å². The molecule has 0 saturated heterocycles. The van der Waals surface area contributed by atoms with Gasteiger partial charge < -0.3 is 9.47 Å². The SMILES string of the molecule is C=Cc1ccc(OCCCCOCc2ccccc2)cc1. The van der Waals surface area contributed by atoms with E-state index in [9.17, 15) is 0 Å². The second-order valence-corrected chi connectivity index (χ2v) is 4.87. The normalized spacial score (nSPS) is 10.3. The van der Waals surface area contributed by atoms with Crippen molar-refractivity contribution in [1.82, 2.24) is 0 Å². The molecule has 0 amide bonds. The predicted molar refractivity (Wildman–Crippen MR) is 87.4 cm³/mol. The maximum Gasteiger partial charge on any atom is 0.119 e. The molecule has 2 heteroatoms. The second-order valence-electron chi connectivity index (χ2n) is 4.87. The van der Waals surface area contributed by atoms with Gasteiger partial charge in [0.2, 0.25) is 0 Å². The summed E-state index contributed by atoms with van der Waals surface area (Å²) in [6.07, 6.45) is 3.84. The first-order valence-corrected chi connectivity index (χ1v) is 7.35. The molecular weight excluding hydrogens is 260 g/mol. The molecule has 0 N–H and O–H groups in total. The number of benzene rings is 2. The monoisotopic (exact) mass is 282 g/mol. The van der Waals surface area contributed by atoms with Crippen molar-refractivity contribution in [2.45, 2.75) is 19.4 Å². The average molecular weight is 282 g/mol. The molecule has 2 aromatic rings. The zero-order valence-corrected chi connectivity index (χ0v) is 12.3. The van der Waals surface area contributed by atoms with Crippen molar-refractivity contribution in [3.63, 3.8) is 0 Å². The molecule has 0 heterocycles. The highest BCUT2D eigenvalue weighted by Crippen LogP contribution is 2.13. The van der Waals surface area contributed by atoms with E-state index in [1.54, 1.807) is 0 Å². The van der Waals surface area contributed by atoms with E-state index in [0.717, 1.165) is 37.4 Å². The molecule has 2 rings (SSSR count). The minimum atomic E-state index is 0.685. The van der Waals surface area contributed by atoms with Gasteiger partial charge in [-0.15, -0.1) is 0 Å². The summed E-state index contributed by atoms with van der Waals surface area (Å²) in [5.41, 5.74) is 2.33. The van der Waals surface area contributed by atoms with E-state index in [1.807, 2.05) is 48.5 Å². The van der Waals surface area contributed by atoms with Crippen molar-refractivity contribution in [2.75, 3.05) is 13.2 Å². The van der Waals surface area contributed by atoms with Crippen LogP contribution in [0.5, 0.6) is 5.75 Å². The Kier molecular flexibility index (Phi) is 6.56. The lowest BCUT2D eigenvalue weighted by atomic mass is 10.2. The van der Waals surface area contributed by atoms with Gasteiger partial charge in [-0.2, -0.15) is 0 Å². The van der Waals surface area contributed by atoms with E-state index in [4.69, 9.17) is 9.47 Å². The van der Waals surface area contributed by atoms with Gasteiger partial charge in [-0.1, -0.05) is 55.1 Å². The summed E-state index contributed by atoms with van der Waals surface area (Å²) in [5.74, 6) is 0.908. The summed E-state index contributed by atoms with van der Waals surface area (Å²) in [7, 11) is 0. The maximum absolute atomic E-state index is 5.68. The molecule has 2 nitrogen and oxygen atoms in total. The molecule has 0 bridgehead atoms. The first kappa shape index (κ1) is 15.3. The Morgan fingerprint density at radius 2 is 1.57 bits per heavy atom. The average Bonchev–Trinajstić information content (AvgIpc) is 2.55. The largest absolute Gasteiger partial charge is 0.494 e. The Labute approximate surface area is 127 Å². The molecule has 0 aliphatic heterocycles. The number of ether oxygens (including phenoxy) is 2. The molecule has 0 aliphatic rings. The van der Waals surface area contributed by atoms with Crippen LogP contribution in [-0.4, -0.2) is 13.2 Å². The van der Waals surface area contributed by atoms with Crippen molar-refractivity contribution >= 4 is 6.08 Å². The fourth-order valence-electron chi connectivity index (χ4n) is 1.96. The zero-order chi connectivity index (χ0) is 14.8. The Morgan fingerprint density at radius 1 is 0.857 bits per heavy atom. The van der Waals surface area contributed by atoms with Gasteiger partial charge in [0.05, 0.1) is 13.2 Å². The minimum absolute atomic E-state index is 0.685. The molecule has 0 spiro atoms. The zero-order valence-electron chi connectivity index (χ0n) is 12.3. The van der Waals surface area contributed by atoms with Crippen LogP contribution in [0, 0.1) is 0 Å². The third-order valence-electron chi connectivity index (χ3n) is 3.18. The maximum atomic E-state index is 5.68. The van der Waals surface area contributed by atoms with Crippen LogP contribution in [0.1, 0.15) is 24.0 Å². The topological polar surface area (TPSA) is 18.5 Å². The molecule has 0 radical (unpaired) electrons. The predicted octanol–water partition coefficient (Wildman–Crippen LogP) is 4.71. The van der Waals surface area contributed by atoms with Gasteiger partial charge in [0.25, 0.3) is 0 Å². The Hall–Kier alpha value is -2.06. The lowest BCUT2D eigenvalue weighted by Crippen LogP contribution is -2.01. The standard InChI is InChI=1S/C19H22O2/c1-2-17-10-12-19(13-11-17)21-15-7-6-14-20-16-18-8-4-3-5-9-18/h2-5,8-13H,1,6-7,14-16H2. The van der Waals surface area contributed by atoms with Crippen LogP contribution in [0.15, 0.2) is 61.2 Å². The molecule has 0 unspecified atom stereocenters. The fraction of sp³-hybridized carbons (Fsp3) is 0.263. The molecule has 0 aliphatic carbocycles. The highest BCUT2D eigenvalue weighted by atomic mass is 16.5. The highest BCUT2D eigenvalue weighted by molar-refractivity contribution is 5.48. The van der Waals surface area contributed by atoms with Crippen molar-refractivity contribution in [1.29, 1.82) is 0 Å². The van der Waals surface area contributed by atoms with Crippen LogP contribution in [0.25, 0.3) is 6.08 Å². The molecule has 21 heavy (non-hydrogen) atoms. The summed E-state index contributed by atoms with van der Waals surface area (Å²) < 4.78 is 11.3. The van der Waals surface area contributed by atoms with Crippen LogP contribution in [-0.2, 0) is 11.3 Å². The van der Waals surface area contributed by atoms with E-state index < -0.39 is 0 Å². The van der Waals surface area contributed by atoms with Gasteiger partial charge in [0.15, 0.2) is 0 Å². The lowest BCUT2D eigenvalue weighted by molar-refractivity contribution is 0.113. The van der Waals surface area contributed by atoms with Crippen molar-refractivity contribution < 1.29 is 9.47 Å². The smallest absolute Gasteiger partial charge is 0.119 e. The molecule has 0 fully saturated rings. The third-order valence-corrected chi connectivity index (χ3v) is 3.18. The van der Waals surface area contributed by atoms with E-state index in [2.05, 4.69) is 18.7 Å². The number of hydrogen-bond acceptors (Lipinski definition) is 2. The Morgan fingerprint density at radius 3 is 2.29 bits per heavy atom. The van der Waals surface area contributed by atoms with Crippen molar-refractivity contribution in [2.24, 2.45) is 0 Å². The first-order valence-electron chi connectivity index (χ1n) is 7.35. The number of unbranched alkanes of at least 4 members (excludes halogenated alkanes) is 1. The Bertz CT molecular complexity index is 517. The highest BCUT2D eigenvalue weighted by Gasteiger charge is 1.95. The van der Waals surface area contributed by atoms with Gasteiger partial charge in [-0.05, 0) is 36.1 Å². The van der Waals surface area contributed by atoms with E-state index >= 15 is 0 Å². The summed E-state index contributed by atoms with van der Waals surface area (Å²) in [4.78, 5) is 0. The van der Waals surface area contributed by atoms with Gasteiger partial charge >= 0.3 is 0 Å². The van der Waals surface area contributed by atoms with Gasteiger partial charge in [0.1, 0.15) is 5.75 Å². The first-order chi connectivity index (χ1) is 10.4. The minimum Gasteiger partial charge on any atom is -0.494 e. The van der Waals surface area contributed by atoms with Crippen LogP contribution in [0.4, 0.5) is 0 Å². The summed E-state index contributed by atoms with van der Waals surface area (Å²) in [5, 5.41) is 0. The molecule has 0 saturated carbocycles. The van der Waals surface area contributed by atoms with Gasteiger partial charge in [-0.3, -0.25) is 0 Å². The molecule has 2 aromatic carbocycles. The number of rotatable bonds is 9. The Balaban J connectivity index is 1.52. The number of hydrogen-bond donors (Lipinski definition) is 0. The lowest BCUT2D eigenvalue weighted by Gasteiger charge is -2.07. The third kappa shape index (κ3) is 5.84. The molecule has 0 aromatic heterocycles. The summed E-state index contributed by atoms with van der Waals surface area (Å²) in [6.45, 7) is 5.91. The van der Waals surface area contributed by atoms with Crippen molar-refractivity contribution in [3.05, 3.63) is 72.3 Å². The van der Waals surface area contributed by atoms with E-state index in [0.29, 0.717) is 6.61 Å². The van der Waals surface area contributed by atoms with Crippen LogP contribution >= 0.6 is 0 Å². The summed E-state index contributed by atoms with van der Waals surface area (Å²) >= 11 is 0. The van der Waals surface area contributed by atoms with Crippen LogP contribution < -0.4 is 4.74 Å². The van der Waals surface area contributed by atoms with Gasteiger partial charge in [0, 0.05) is 6.61 Å². The fourth-order valence-corrected chi connectivity index (χ4v) is 1.96. The van der Waals surface area contributed by atoms with E-state index in [-0.39, 0.29) is 0 Å². The quantitative estimate of drug-likeness (QED) is 0.620. The van der Waals surface area contributed by atoms with E-state index in [1.165, 1.54) is 5.56 Å².